The molecular weight excluding hydrogens is 250 g/mol. The molecule has 0 atom stereocenters. The van der Waals surface area contributed by atoms with Gasteiger partial charge in [-0.25, -0.2) is 0 Å². The van der Waals surface area contributed by atoms with Crippen LogP contribution in [-0.4, -0.2) is 10.8 Å². The molecule has 0 unspecified atom stereocenters. The van der Waals surface area contributed by atoms with E-state index >= 15 is 0 Å². The lowest BCUT2D eigenvalue weighted by Gasteiger charge is -1.97. The number of furan rings is 1. The van der Waals surface area contributed by atoms with Gasteiger partial charge in [-0.15, -0.1) is 0 Å². The fraction of sp³-hybridized carbons (Fsp3) is 0.0714. The highest BCUT2D eigenvalue weighted by atomic mass is 35.5. The van der Waals surface area contributed by atoms with E-state index in [-0.39, 0.29) is 16.8 Å². The first-order valence-corrected chi connectivity index (χ1v) is 5.92. The van der Waals surface area contributed by atoms with Crippen LogP contribution in [0.25, 0.3) is 10.9 Å². The zero-order valence-electron chi connectivity index (χ0n) is 9.66. The fourth-order valence-electron chi connectivity index (χ4n) is 2.13. The van der Waals surface area contributed by atoms with Gasteiger partial charge >= 0.3 is 0 Å². The topological polar surface area (TPSA) is 46.0 Å². The number of rotatable bonds is 2. The Hall–Kier alpha value is -2.00. The number of nitrogens with one attached hydrogen (secondary N) is 1. The van der Waals surface area contributed by atoms with Crippen LogP contribution < -0.4 is 0 Å². The molecule has 3 aromatic rings. The Labute approximate surface area is 108 Å². The van der Waals surface area contributed by atoms with E-state index in [0.29, 0.717) is 5.56 Å². The van der Waals surface area contributed by atoms with E-state index in [0.717, 1.165) is 16.6 Å². The van der Waals surface area contributed by atoms with E-state index in [9.17, 15) is 4.79 Å². The maximum absolute atomic E-state index is 12.4. The molecule has 0 amide bonds. The van der Waals surface area contributed by atoms with Crippen LogP contribution in [-0.2, 0) is 0 Å². The van der Waals surface area contributed by atoms with E-state index in [1.165, 1.54) is 0 Å². The van der Waals surface area contributed by atoms with Crippen molar-refractivity contribution in [2.75, 3.05) is 0 Å². The third-order valence-electron chi connectivity index (χ3n) is 2.92. The molecule has 0 saturated carbocycles. The number of aromatic amines is 1. The van der Waals surface area contributed by atoms with Crippen LogP contribution in [0.2, 0.25) is 5.22 Å². The second kappa shape index (κ2) is 4.03. The van der Waals surface area contributed by atoms with Crippen molar-refractivity contribution in [3.63, 3.8) is 0 Å². The molecule has 1 aromatic carbocycles. The minimum atomic E-state index is -0.156. The first-order valence-electron chi connectivity index (χ1n) is 5.54. The first kappa shape index (κ1) is 11.1. The van der Waals surface area contributed by atoms with Crippen LogP contribution in [0, 0.1) is 6.92 Å². The Balaban J connectivity index is 2.20. The van der Waals surface area contributed by atoms with Crippen molar-refractivity contribution in [2.24, 2.45) is 0 Å². The van der Waals surface area contributed by atoms with Crippen LogP contribution in [0.15, 0.2) is 40.8 Å². The summed E-state index contributed by atoms with van der Waals surface area (Å²) >= 11 is 5.70. The van der Waals surface area contributed by atoms with Gasteiger partial charge in [0, 0.05) is 16.6 Å². The fourth-order valence-corrected chi connectivity index (χ4v) is 2.27. The normalized spacial score (nSPS) is 11.0. The van der Waals surface area contributed by atoms with Crippen molar-refractivity contribution in [3.05, 3.63) is 58.6 Å². The van der Waals surface area contributed by atoms with Crippen LogP contribution in [0.1, 0.15) is 21.8 Å². The lowest BCUT2D eigenvalue weighted by atomic mass is 10.1. The van der Waals surface area contributed by atoms with Gasteiger partial charge in [-0.2, -0.15) is 0 Å². The summed E-state index contributed by atoms with van der Waals surface area (Å²) in [7, 11) is 0. The monoisotopic (exact) mass is 259 g/mol. The zero-order valence-corrected chi connectivity index (χ0v) is 10.4. The van der Waals surface area contributed by atoms with Gasteiger partial charge < -0.3 is 9.40 Å². The maximum Gasteiger partial charge on any atom is 0.230 e. The number of hydrogen-bond donors (Lipinski definition) is 1. The molecule has 90 valence electrons. The van der Waals surface area contributed by atoms with E-state index < -0.39 is 0 Å². The number of ketones is 1. The SMILES string of the molecule is Cc1[nH]c2ccccc2c1C(=O)c1ccc(Cl)o1. The second-order valence-corrected chi connectivity index (χ2v) is 4.48. The van der Waals surface area contributed by atoms with Crippen molar-refractivity contribution in [1.29, 1.82) is 0 Å². The number of carbonyl (C=O) groups excluding carboxylic acids is 1. The largest absolute Gasteiger partial charge is 0.441 e. The van der Waals surface area contributed by atoms with Crippen molar-refractivity contribution < 1.29 is 9.21 Å². The highest BCUT2D eigenvalue weighted by molar-refractivity contribution is 6.29. The number of para-hydroxylation sites is 1. The molecule has 0 spiro atoms. The quantitative estimate of drug-likeness (QED) is 0.708. The summed E-state index contributed by atoms with van der Waals surface area (Å²) in [6, 6.07) is 10.8. The van der Waals surface area contributed by atoms with Crippen LogP contribution >= 0.6 is 11.6 Å². The van der Waals surface area contributed by atoms with Gasteiger partial charge in [0.1, 0.15) is 0 Å². The Kier molecular flexibility index (Phi) is 2.49. The molecule has 0 aliphatic rings. The van der Waals surface area contributed by atoms with E-state index in [1.807, 2.05) is 31.2 Å². The number of fused-ring (bicyclic) bond motifs is 1. The summed E-state index contributed by atoms with van der Waals surface area (Å²) in [4.78, 5) is 15.6. The third kappa shape index (κ3) is 1.64. The lowest BCUT2D eigenvalue weighted by molar-refractivity contribution is 0.101. The third-order valence-corrected chi connectivity index (χ3v) is 3.12. The second-order valence-electron chi connectivity index (χ2n) is 4.10. The first-order chi connectivity index (χ1) is 8.66. The molecule has 0 bridgehead atoms. The Morgan fingerprint density at radius 2 is 2.00 bits per heavy atom. The average molecular weight is 260 g/mol. The molecule has 0 fully saturated rings. The summed E-state index contributed by atoms with van der Waals surface area (Å²) in [6.07, 6.45) is 0. The number of halogens is 1. The molecule has 0 aliphatic heterocycles. The molecule has 0 aliphatic carbocycles. The number of aryl methyl sites for hydroxylation is 1. The molecule has 2 aromatic heterocycles. The average Bonchev–Trinajstić information content (AvgIpc) is 2.91. The number of H-pyrrole nitrogens is 1. The predicted octanol–water partition coefficient (Wildman–Crippen LogP) is 3.95. The maximum atomic E-state index is 12.4. The lowest BCUT2D eigenvalue weighted by Crippen LogP contribution is -2.00. The number of hydrogen-bond acceptors (Lipinski definition) is 2. The van der Waals surface area contributed by atoms with Gasteiger partial charge in [0.2, 0.25) is 5.78 Å². The molecule has 18 heavy (non-hydrogen) atoms. The minimum absolute atomic E-state index is 0.156. The van der Waals surface area contributed by atoms with E-state index in [4.69, 9.17) is 16.0 Å². The van der Waals surface area contributed by atoms with Gasteiger partial charge in [-0.05, 0) is 36.7 Å². The number of benzene rings is 1. The molecule has 1 N–H and O–H groups in total. The van der Waals surface area contributed by atoms with Crippen molar-refractivity contribution >= 4 is 28.3 Å². The summed E-state index contributed by atoms with van der Waals surface area (Å²) in [5.41, 5.74) is 2.40. The molecule has 3 nitrogen and oxygen atoms in total. The molecule has 0 radical (unpaired) electrons. The summed E-state index contributed by atoms with van der Waals surface area (Å²) in [5, 5.41) is 1.11. The highest BCUT2D eigenvalue weighted by Crippen LogP contribution is 2.26. The standard InChI is InChI=1S/C14H10ClNO2/c1-8-13(9-4-2-3-5-10(9)16-8)14(17)11-6-7-12(15)18-11/h2-7,16H,1H3. The smallest absolute Gasteiger partial charge is 0.230 e. The van der Waals surface area contributed by atoms with Gasteiger partial charge in [0.25, 0.3) is 0 Å². The minimum Gasteiger partial charge on any atom is -0.441 e. The molecule has 4 heteroatoms. The summed E-state index contributed by atoms with van der Waals surface area (Å²) in [6.45, 7) is 1.87. The molecular formula is C14H10ClNO2. The van der Waals surface area contributed by atoms with Gasteiger partial charge in [0.15, 0.2) is 11.0 Å². The zero-order chi connectivity index (χ0) is 12.7. The molecule has 0 saturated heterocycles. The van der Waals surface area contributed by atoms with Gasteiger partial charge in [-0.1, -0.05) is 18.2 Å². The summed E-state index contributed by atoms with van der Waals surface area (Å²) in [5.74, 6) is 0.102. The Morgan fingerprint density at radius 3 is 2.72 bits per heavy atom. The molecule has 3 rings (SSSR count). The van der Waals surface area contributed by atoms with Gasteiger partial charge in [0.05, 0.1) is 5.56 Å². The van der Waals surface area contributed by atoms with Crippen LogP contribution in [0.3, 0.4) is 0 Å². The van der Waals surface area contributed by atoms with Crippen molar-refractivity contribution in [1.82, 2.24) is 4.98 Å². The van der Waals surface area contributed by atoms with E-state index in [2.05, 4.69) is 4.98 Å². The van der Waals surface area contributed by atoms with E-state index in [1.54, 1.807) is 12.1 Å². The van der Waals surface area contributed by atoms with Crippen molar-refractivity contribution in [3.8, 4) is 0 Å². The van der Waals surface area contributed by atoms with Gasteiger partial charge in [-0.3, -0.25) is 4.79 Å². The Bertz CT molecular complexity index is 739. The van der Waals surface area contributed by atoms with Crippen molar-refractivity contribution in [2.45, 2.75) is 6.92 Å². The van der Waals surface area contributed by atoms with Crippen LogP contribution in [0.5, 0.6) is 0 Å². The molecule has 2 heterocycles. The Morgan fingerprint density at radius 1 is 1.22 bits per heavy atom. The number of carbonyl (C=O) groups is 1. The van der Waals surface area contributed by atoms with Crippen LogP contribution in [0.4, 0.5) is 0 Å². The number of aromatic nitrogens is 1. The predicted molar refractivity (Wildman–Crippen MR) is 70.2 cm³/mol. The highest BCUT2D eigenvalue weighted by Gasteiger charge is 2.20. The summed E-state index contributed by atoms with van der Waals surface area (Å²) < 4.78 is 5.18.